The molecule has 128 valence electrons. The van der Waals surface area contributed by atoms with Crippen molar-refractivity contribution in [2.24, 2.45) is 4.99 Å². The van der Waals surface area contributed by atoms with Gasteiger partial charge in [-0.1, -0.05) is 36.4 Å². The Balaban J connectivity index is 1.88. The largest absolute Gasteiger partial charge is 0.479 e. The normalized spacial score (nSPS) is 20.0. The van der Waals surface area contributed by atoms with Gasteiger partial charge in [0.05, 0.1) is 5.69 Å². The summed E-state index contributed by atoms with van der Waals surface area (Å²) in [7, 11) is 0. The molecule has 1 fully saturated rings. The molecule has 0 spiro atoms. The van der Waals surface area contributed by atoms with E-state index in [0.717, 1.165) is 48.8 Å². The van der Waals surface area contributed by atoms with E-state index < -0.39 is 12.0 Å². The lowest BCUT2D eigenvalue weighted by Gasteiger charge is -2.41. The van der Waals surface area contributed by atoms with Gasteiger partial charge in [0.15, 0.2) is 6.04 Å². The summed E-state index contributed by atoms with van der Waals surface area (Å²) >= 11 is 0. The summed E-state index contributed by atoms with van der Waals surface area (Å²) in [6.45, 7) is 1.83. The van der Waals surface area contributed by atoms with E-state index in [2.05, 4.69) is 4.90 Å². The Labute approximate surface area is 147 Å². The molecule has 2 aliphatic rings. The molecule has 0 saturated carbocycles. The number of carboxylic acid groups (broad SMARTS) is 1. The van der Waals surface area contributed by atoms with Crippen LogP contribution in [0, 0.1) is 0 Å². The van der Waals surface area contributed by atoms with Crippen molar-refractivity contribution in [2.45, 2.75) is 25.3 Å². The molecule has 0 aliphatic carbocycles. The van der Waals surface area contributed by atoms with Crippen LogP contribution in [-0.4, -0.2) is 35.0 Å². The first-order valence-electron chi connectivity index (χ1n) is 8.75. The summed E-state index contributed by atoms with van der Waals surface area (Å²) in [5.41, 5.74) is 2.34. The molecule has 2 aliphatic heterocycles. The smallest absolute Gasteiger partial charge is 0.331 e. The number of carbonyl (C=O) groups is 1. The zero-order valence-electron chi connectivity index (χ0n) is 14.0. The third kappa shape index (κ3) is 2.86. The molecule has 0 bridgehead atoms. The number of para-hydroxylation sites is 2. The minimum atomic E-state index is -0.860. The molecule has 2 heterocycles. The van der Waals surface area contributed by atoms with Crippen molar-refractivity contribution in [1.82, 2.24) is 4.90 Å². The van der Waals surface area contributed by atoms with Crippen molar-refractivity contribution in [3.8, 4) is 0 Å². The number of aliphatic imine (C=N–C) groups is 1. The van der Waals surface area contributed by atoms with Crippen LogP contribution >= 0.6 is 0 Å². The summed E-state index contributed by atoms with van der Waals surface area (Å²) in [5, 5.41) is 10.0. The fraction of sp³-hybridized carbons (Fsp3) is 0.300. The van der Waals surface area contributed by atoms with Crippen molar-refractivity contribution >= 4 is 23.3 Å². The van der Waals surface area contributed by atoms with Crippen molar-refractivity contribution in [2.75, 3.05) is 18.0 Å². The Morgan fingerprint density at radius 2 is 1.64 bits per heavy atom. The highest BCUT2D eigenvalue weighted by Crippen LogP contribution is 2.39. The maximum absolute atomic E-state index is 12.2. The van der Waals surface area contributed by atoms with Gasteiger partial charge in [-0.15, -0.1) is 0 Å². The van der Waals surface area contributed by atoms with E-state index in [-0.39, 0.29) is 0 Å². The predicted octanol–water partition coefficient (Wildman–Crippen LogP) is 3.81. The molecule has 5 heteroatoms. The summed E-state index contributed by atoms with van der Waals surface area (Å²) in [6.07, 6.45) is 3.44. The SMILES string of the molecule is O=C(O)C1c2ccccc2N=C(N2CCCCC2)N1c1ccccc1. The molecule has 4 rings (SSSR count). The minimum absolute atomic E-state index is 0.736. The monoisotopic (exact) mass is 335 g/mol. The van der Waals surface area contributed by atoms with E-state index in [0.29, 0.717) is 0 Å². The molecule has 0 amide bonds. The highest BCUT2D eigenvalue weighted by atomic mass is 16.4. The summed E-state index contributed by atoms with van der Waals surface area (Å²) in [4.78, 5) is 21.2. The second kappa shape index (κ2) is 6.59. The molecule has 25 heavy (non-hydrogen) atoms. The molecule has 1 atom stereocenters. The standard InChI is InChI=1S/C20H21N3O2/c24-19(25)18-16-11-5-6-12-17(16)21-20(22-13-7-2-8-14-22)23(18)15-9-3-1-4-10-15/h1,3-6,9-12,18H,2,7-8,13-14H2,(H,24,25). The van der Waals surface area contributed by atoms with Crippen LogP contribution in [0.5, 0.6) is 0 Å². The molecule has 1 unspecified atom stereocenters. The van der Waals surface area contributed by atoms with Crippen LogP contribution in [0.1, 0.15) is 30.9 Å². The number of piperidine rings is 1. The molecular formula is C20H21N3O2. The van der Waals surface area contributed by atoms with Crippen LogP contribution in [-0.2, 0) is 4.79 Å². The lowest BCUT2D eigenvalue weighted by Crippen LogP contribution is -2.51. The fourth-order valence-electron chi connectivity index (χ4n) is 3.65. The highest BCUT2D eigenvalue weighted by molar-refractivity contribution is 6.05. The zero-order chi connectivity index (χ0) is 17.2. The highest BCUT2D eigenvalue weighted by Gasteiger charge is 2.38. The number of nitrogens with zero attached hydrogens (tertiary/aromatic N) is 3. The number of likely N-dealkylation sites (tertiary alicyclic amines) is 1. The first-order valence-corrected chi connectivity index (χ1v) is 8.75. The second-order valence-electron chi connectivity index (χ2n) is 6.46. The first kappa shape index (κ1) is 15.7. The Morgan fingerprint density at radius 3 is 2.36 bits per heavy atom. The number of fused-ring (bicyclic) bond motifs is 1. The quantitative estimate of drug-likeness (QED) is 0.907. The fourth-order valence-corrected chi connectivity index (χ4v) is 3.65. The topological polar surface area (TPSA) is 56.1 Å². The van der Waals surface area contributed by atoms with Gasteiger partial charge >= 0.3 is 5.97 Å². The molecule has 1 N–H and O–H groups in total. The average Bonchev–Trinajstić information content (AvgIpc) is 2.67. The Hall–Kier alpha value is -2.82. The Morgan fingerprint density at radius 1 is 0.960 bits per heavy atom. The molecule has 0 aromatic heterocycles. The van der Waals surface area contributed by atoms with E-state index in [9.17, 15) is 9.90 Å². The van der Waals surface area contributed by atoms with Gasteiger partial charge in [-0.2, -0.15) is 0 Å². The van der Waals surface area contributed by atoms with Crippen LogP contribution < -0.4 is 4.90 Å². The van der Waals surface area contributed by atoms with Gasteiger partial charge in [0, 0.05) is 24.3 Å². The maximum Gasteiger partial charge on any atom is 0.331 e. The summed E-state index contributed by atoms with van der Waals surface area (Å²) in [6, 6.07) is 16.5. The number of aliphatic carboxylic acids is 1. The number of anilines is 1. The third-order valence-corrected chi connectivity index (χ3v) is 4.83. The van der Waals surface area contributed by atoms with Crippen LogP contribution in [0.4, 0.5) is 11.4 Å². The number of hydrogen-bond acceptors (Lipinski definition) is 4. The van der Waals surface area contributed by atoms with Crippen LogP contribution in [0.3, 0.4) is 0 Å². The van der Waals surface area contributed by atoms with E-state index >= 15 is 0 Å². The van der Waals surface area contributed by atoms with Gasteiger partial charge in [-0.25, -0.2) is 9.79 Å². The van der Waals surface area contributed by atoms with E-state index in [4.69, 9.17) is 4.99 Å². The van der Waals surface area contributed by atoms with E-state index in [1.54, 1.807) is 0 Å². The molecule has 1 saturated heterocycles. The first-order chi connectivity index (χ1) is 12.3. The third-order valence-electron chi connectivity index (χ3n) is 4.83. The lowest BCUT2D eigenvalue weighted by molar-refractivity contribution is -0.138. The minimum Gasteiger partial charge on any atom is -0.479 e. The van der Waals surface area contributed by atoms with Gasteiger partial charge in [0.25, 0.3) is 0 Å². The molecular weight excluding hydrogens is 314 g/mol. The van der Waals surface area contributed by atoms with Crippen LogP contribution in [0.15, 0.2) is 59.6 Å². The lowest BCUT2D eigenvalue weighted by atomic mass is 10.00. The van der Waals surface area contributed by atoms with Crippen molar-refractivity contribution in [3.63, 3.8) is 0 Å². The second-order valence-corrected chi connectivity index (χ2v) is 6.46. The Bertz CT molecular complexity index is 798. The van der Waals surface area contributed by atoms with Gasteiger partial charge < -0.3 is 10.0 Å². The van der Waals surface area contributed by atoms with Crippen molar-refractivity contribution in [3.05, 3.63) is 60.2 Å². The number of hydrogen-bond donors (Lipinski definition) is 1. The average molecular weight is 335 g/mol. The number of carboxylic acids is 1. The van der Waals surface area contributed by atoms with E-state index in [1.807, 2.05) is 59.5 Å². The molecule has 5 nitrogen and oxygen atoms in total. The van der Waals surface area contributed by atoms with Crippen LogP contribution in [0.2, 0.25) is 0 Å². The predicted molar refractivity (Wildman–Crippen MR) is 98.3 cm³/mol. The van der Waals surface area contributed by atoms with Crippen molar-refractivity contribution < 1.29 is 9.90 Å². The molecule has 2 aromatic rings. The zero-order valence-corrected chi connectivity index (χ0v) is 14.0. The number of rotatable bonds is 2. The van der Waals surface area contributed by atoms with Gasteiger partial charge in [0.1, 0.15) is 0 Å². The molecule has 2 aromatic carbocycles. The van der Waals surface area contributed by atoms with E-state index in [1.165, 1.54) is 6.42 Å². The van der Waals surface area contributed by atoms with Gasteiger partial charge in [-0.05, 0) is 37.5 Å². The maximum atomic E-state index is 12.2. The molecule has 0 radical (unpaired) electrons. The Kier molecular flexibility index (Phi) is 4.14. The van der Waals surface area contributed by atoms with Crippen molar-refractivity contribution in [1.29, 1.82) is 0 Å². The van der Waals surface area contributed by atoms with Gasteiger partial charge in [-0.3, -0.25) is 4.90 Å². The summed E-state index contributed by atoms with van der Waals surface area (Å²) < 4.78 is 0. The summed E-state index contributed by atoms with van der Waals surface area (Å²) in [5.74, 6) is -0.113. The van der Waals surface area contributed by atoms with Crippen LogP contribution in [0.25, 0.3) is 0 Å². The number of guanidine groups is 1. The van der Waals surface area contributed by atoms with Gasteiger partial charge in [0.2, 0.25) is 5.96 Å². The number of benzene rings is 2.